The van der Waals surface area contributed by atoms with Crippen molar-refractivity contribution in [1.82, 2.24) is 14.4 Å². The van der Waals surface area contributed by atoms with Crippen LogP contribution >= 0.6 is 0 Å². The Morgan fingerprint density at radius 3 is 2.50 bits per heavy atom. The van der Waals surface area contributed by atoms with Crippen molar-refractivity contribution in [3.05, 3.63) is 28.7 Å². The number of anilines is 1. The highest BCUT2D eigenvalue weighted by Gasteiger charge is 2.08. The standard InChI is InChI=1S/C15H28N4O/c1-13(2)11-18(8-7-17(3)4)9-10-19-12-14(16)5-6-15(19)20/h5-6,12-13H,7-11,16H2,1-4H3. The van der Waals surface area contributed by atoms with Crippen LogP contribution in [-0.2, 0) is 6.54 Å². The predicted octanol–water partition coefficient (Wildman–Crippen LogP) is 0.950. The molecule has 5 nitrogen and oxygen atoms in total. The molecule has 0 bridgehead atoms. The Kier molecular flexibility index (Phi) is 6.75. The van der Waals surface area contributed by atoms with Gasteiger partial charge in [-0.1, -0.05) is 13.8 Å². The highest BCUT2D eigenvalue weighted by molar-refractivity contribution is 5.33. The third kappa shape index (κ3) is 6.21. The fourth-order valence-corrected chi connectivity index (χ4v) is 2.13. The highest BCUT2D eigenvalue weighted by Crippen LogP contribution is 2.01. The maximum atomic E-state index is 11.8. The molecule has 1 heterocycles. The molecule has 0 amide bonds. The molecule has 2 N–H and O–H groups in total. The maximum absolute atomic E-state index is 11.8. The van der Waals surface area contributed by atoms with Crippen molar-refractivity contribution in [2.75, 3.05) is 46.0 Å². The summed E-state index contributed by atoms with van der Waals surface area (Å²) in [5.41, 5.74) is 6.38. The molecule has 0 radical (unpaired) electrons. The van der Waals surface area contributed by atoms with Gasteiger partial charge in [-0.25, -0.2) is 0 Å². The highest BCUT2D eigenvalue weighted by atomic mass is 16.1. The first-order valence-electron chi connectivity index (χ1n) is 7.21. The molecule has 0 atom stereocenters. The van der Waals surface area contributed by atoms with Crippen LogP contribution < -0.4 is 11.3 Å². The third-order valence-corrected chi connectivity index (χ3v) is 3.15. The molecular formula is C15H28N4O. The number of rotatable bonds is 8. The molecule has 0 aliphatic carbocycles. The van der Waals surface area contributed by atoms with E-state index in [1.54, 1.807) is 16.8 Å². The lowest BCUT2D eigenvalue weighted by atomic mass is 10.2. The summed E-state index contributed by atoms with van der Waals surface area (Å²) in [6.45, 7) is 9.08. The summed E-state index contributed by atoms with van der Waals surface area (Å²) in [6.07, 6.45) is 1.72. The van der Waals surface area contributed by atoms with Gasteiger partial charge >= 0.3 is 0 Å². The Bertz CT molecular complexity index is 453. The van der Waals surface area contributed by atoms with Crippen LogP contribution in [0.25, 0.3) is 0 Å². The molecule has 0 saturated heterocycles. The lowest BCUT2D eigenvalue weighted by Gasteiger charge is -2.26. The summed E-state index contributed by atoms with van der Waals surface area (Å²) in [7, 11) is 4.16. The molecule has 20 heavy (non-hydrogen) atoms. The fourth-order valence-electron chi connectivity index (χ4n) is 2.13. The minimum absolute atomic E-state index is 0.0105. The first kappa shape index (κ1) is 16.7. The normalized spacial score (nSPS) is 11.8. The van der Waals surface area contributed by atoms with Crippen LogP contribution in [0.1, 0.15) is 13.8 Å². The van der Waals surface area contributed by atoms with E-state index in [1.807, 2.05) is 0 Å². The molecule has 0 aliphatic rings. The lowest BCUT2D eigenvalue weighted by Crippen LogP contribution is -2.37. The molecule has 5 heteroatoms. The molecule has 0 aromatic carbocycles. The van der Waals surface area contributed by atoms with Crippen molar-refractivity contribution in [3.8, 4) is 0 Å². The number of nitrogens with zero attached hydrogens (tertiary/aromatic N) is 3. The number of pyridine rings is 1. The van der Waals surface area contributed by atoms with E-state index >= 15 is 0 Å². The van der Waals surface area contributed by atoms with Crippen molar-refractivity contribution in [1.29, 1.82) is 0 Å². The van der Waals surface area contributed by atoms with E-state index < -0.39 is 0 Å². The molecule has 114 valence electrons. The quantitative estimate of drug-likeness (QED) is 0.770. The van der Waals surface area contributed by atoms with Crippen LogP contribution in [-0.4, -0.2) is 54.6 Å². The molecule has 0 saturated carbocycles. The van der Waals surface area contributed by atoms with E-state index in [2.05, 4.69) is 37.7 Å². The minimum Gasteiger partial charge on any atom is -0.398 e. The Hall–Kier alpha value is -1.33. The lowest BCUT2D eigenvalue weighted by molar-refractivity contribution is 0.211. The van der Waals surface area contributed by atoms with Crippen LogP contribution in [0.3, 0.4) is 0 Å². The molecule has 1 aromatic heterocycles. The number of hydrogen-bond acceptors (Lipinski definition) is 4. The van der Waals surface area contributed by atoms with Gasteiger partial charge in [0.05, 0.1) is 0 Å². The summed E-state index contributed by atoms with van der Waals surface area (Å²) in [6, 6.07) is 3.18. The van der Waals surface area contributed by atoms with E-state index in [0.717, 1.165) is 26.2 Å². The topological polar surface area (TPSA) is 54.5 Å². The second-order valence-corrected chi connectivity index (χ2v) is 5.99. The molecule has 0 fully saturated rings. The van der Waals surface area contributed by atoms with E-state index in [1.165, 1.54) is 6.07 Å². The van der Waals surface area contributed by atoms with Gasteiger partial charge in [0, 0.05) is 50.7 Å². The van der Waals surface area contributed by atoms with Gasteiger partial charge in [0.15, 0.2) is 0 Å². The largest absolute Gasteiger partial charge is 0.398 e. The van der Waals surface area contributed by atoms with Crippen LogP contribution in [0, 0.1) is 5.92 Å². The zero-order chi connectivity index (χ0) is 15.1. The average Bonchev–Trinajstić information content (AvgIpc) is 2.35. The third-order valence-electron chi connectivity index (χ3n) is 3.15. The summed E-state index contributed by atoms with van der Waals surface area (Å²) >= 11 is 0. The van der Waals surface area contributed by atoms with Gasteiger partial charge in [0.1, 0.15) is 0 Å². The van der Waals surface area contributed by atoms with Gasteiger partial charge in [-0.05, 0) is 26.1 Å². The number of aromatic nitrogens is 1. The van der Waals surface area contributed by atoms with Crippen molar-refractivity contribution in [2.24, 2.45) is 5.92 Å². The zero-order valence-corrected chi connectivity index (χ0v) is 13.2. The van der Waals surface area contributed by atoms with Crippen LogP contribution in [0.2, 0.25) is 0 Å². The van der Waals surface area contributed by atoms with Gasteiger partial charge in [-0.15, -0.1) is 0 Å². The zero-order valence-electron chi connectivity index (χ0n) is 13.2. The average molecular weight is 280 g/mol. The monoisotopic (exact) mass is 280 g/mol. The summed E-state index contributed by atoms with van der Waals surface area (Å²) < 4.78 is 1.69. The summed E-state index contributed by atoms with van der Waals surface area (Å²) in [4.78, 5) is 16.3. The number of likely N-dealkylation sites (N-methyl/N-ethyl adjacent to an activating group) is 1. The fraction of sp³-hybridized carbons (Fsp3) is 0.667. The predicted molar refractivity (Wildman–Crippen MR) is 84.9 cm³/mol. The number of nitrogen functional groups attached to an aromatic ring is 1. The SMILES string of the molecule is CC(C)CN(CCN(C)C)CCn1cc(N)ccc1=O. The Morgan fingerprint density at radius 2 is 1.90 bits per heavy atom. The van der Waals surface area contributed by atoms with Gasteiger partial charge in [-0.2, -0.15) is 0 Å². The number of nitrogens with two attached hydrogens (primary N) is 1. The summed E-state index contributed by atoms with van der Waals surface area (Å²) in [5.74, 6) is 0.620. The van der Waals surface area contributed by atoms with Gasteiger partial charge in [0.25, 0.3) is 5.56 Å². The van der Waals surface area contributed by atoms with E-state index in [0.29, 0.717) is 18.2 Å². The number of hydrogen-bond donors (Lipinski definition) is 1. The Labute approximate surface area is 122 Å². The summed E-state index contributed by atoms with van der Waals surface area (Å²) in [5, 5.41) is 0. The minimum atomic E-state index is 0.0105. The smallest absolute Gasteiger partial charge is 0.250 e. The van der Waals surface area contributed by atoms with E-state index in [-0.39, 0.29) is 5.56 Å². The van der Waals surface area contributed by atoms with Crippen LogP contribution in [0.5, 0.6) is 0 Å². The second kappa shape index (κ2) is 8.07. The molecule has 0 spiro atoms. The molecular weight excluding hydrogens is 252 g/mol. The van der Waals surface area contributed by atoms with Gasteiger partial charge in [-0.3, -0.25) is 4.79 Å². The van der Waals surface area contributed by atoms with Gasteiger partial charge in [0.2, 0.25) is 0 Å². The maximum Gasteiger partial charge on any atom is 0.250 e. The molecule has 0 aliphatic heterocycles. The van der Waals surface area contributed by atoms with Gasteiger partial charge < -0.3 is 20.1 Å². The van der Waals surface area contributed by atoms with Crippen LogP contribution in [0.4, 0.5) is 5.69 Å². The Balaban J connectivity index is 2.60. The second-order valence-electron chi connectivity index (χ2n) is 5.99. The van der Waals surface area contributed by atoms with E-state index in [4.69, 9.17) is 5.73 Å². The van der Waals surface area contributed by atoms with Crippen molar-refractivity contribution in [2.45, 2.75) is 20.4 Å². The molecule has 0 unspecified atom stereocenters. The van der Waals surface area contributed by atoms with Crippen LogP contribution in [0.15, 0.2) is 23.1 Å². The Morgan fingerprint density at radius 1 is 1.20 bits per heavy atom. The van der Waals surface area contributed by atoms with Crippen molar-refractivity contribution < 1.29 is 0 Å². The van der Waals surface area contributed by atoms with Crippen molar-refractivity contribution >= 4 is 5.69 Å². The first-order chi connectivity index (χ1) is 9.38. The molecule has 1 rings (SSSR count). The first-order valence-corrected chi connectivity index (χ1v) is 7.21. The van der Waals surface area contributed by atoms with Crippen molar-refractivity contribution in [3.63, 3.8) is 0 Å². The van der Waals surface area contributed by atoms with E-state index in [9.17, 15) is 4.79 Å². The molecule has 1 aromatic rings.